The molecule has 4 nitrogen and oxygen atoms in total. The van der Waals surface area contributed by atoms with Crippen LogP contribution in [0.4, 0.5) is 18.3 Å². The molecule has 32 heavy (non-hydrogen) atoms. The topological polar surface area (TPSA) is 47.0 Å². The second kappa shape index (κ2) is 9.36. The Labute approximate surface area is 195 Å². The molecular formula is C22H14Cl2F3N3OS. The summed E-state index contributed by atoms with van der Waals surface area (Å²) in [5.41, 5.74) is 0.898. The monoisotopic (exact) mass is 495 g/mol. The summed E-state index contributed by atoms with van der Waals surface area (Å²) in [6, 6.07) is 17.0. The highest BCUT2D eigenvalue weighted by molar-refractivity contribution is 7.18. The molecule has 0 aliphatic rings. The molecule has 4 aromatic rings. The third-order valence-corrected chi connectivity index (χ3v) is 6.00. The Morgan fingerprint density at radius 3 is 2.38 bits per heavy atom. The van der Waals surface area contributed by atoms with Gasteiger partial charge in [-0.25, -0.2) is 0 Å². The number of anilines is 1. The summed E-state index contributed by atoms with van der Waals surface area (Å²) in [5, 5.41) is 13.7. The summed E-state index contributed by atoms with van der Waals surface area (Å²) in [5.74, 6) is 0.487. The molecule has 0 saturated heterocycles. The molecule has 0 aliphatic carbocycles. The minimum atomic E-state index is -4.44. The third kappa shape index (κ3) is 5.51. The lowest BCUT2D eigenvalue weighted by atomic mass is 10.2. The van der Waals surface area contributed by atoms with Crippen LogP contribution in [0.2, 0.25) is 10.0 Å². The fraction of sp³-hybridized carbons (Fsp3) is 0.0909. The molecule has 0 radical (unpaired) electrons. The second-order valence-corrected chi connectivity index (χ2v) is 8.46. The predicted molar refractivity (Wildman–Crippen MR) is 121 cm³/mol. The zero-order valence-corrected chi connectivity index (χ0v) is 18.5. The van der Waals surface area contributed by atoms with Gasteiger partial charge in [-0.2, -0.15) is 13.2 Å². The van der Waals surface area contributed by atoms with Gasteiger partial charge in [0.25, 0.3) is 0 Å². The van der Waals surface area contributed by atoms with Crippen LogP contribution < -0.4 is 10.1 Å². The van der Waals surface area contributed by atoms with E-state index >= 15 is 0 Å². The van der Waals surface area contributed by atoms with E-state index in [1.807, 2.05) is 12.1 Å². The number of halogens is 5. The highest BCUT2D eigenvalue weighted by Crippen LogP contribution is 2.34. The maximum absolute atomic E-state index is 12.9. The first-order valence-corrected chi connectivity index (χ1v) is 10.8. The summed E-state index contributed by atoms with van der Waals surface area (Å²) < 4.78 is 44.4. The average molecular weight is 496 g/mol. The number of aromatic nitrogens is 2. The quantitative estimate of drug-likeness (QED) is 0.295. The number of alkyl halides is 3. The van der Waals surface area contributed by atoms with Crippen molar-refractivity contribution in [2.24, 2.45) is 0 Å². The van der Waals surface area contributed by atoms with Crippen molar-refractivity contribution in [2.45, 2.75) is 12.7 Å². The smallest absolute Gasteiger partial charge is 0.416 e. The number of benzene rings is 3. The van der Waals surface area contributed by atoms with Crippen LogP contribution in [0.1, 0.15) is 11.1 Å². The van der Waals surface area contributed by atoms with E-state index in [-0.39, 0.29) is 5.75 Å². The lowest BCUT2D eigenvalue weighted by molar-refractivity contribution is -0.137. The molecule has 1 N–H and O–H groups in total. The molecule has 164 valence electrons. The summed E-state index contributed by atoms with van der Waals surface area (Å²) in [4.78, 5) is 0. The second-order valence-electron chi connectivity index (χ2n) is 6.67. The number of hydrogen-bond acceptors (Lipinski definition) is 5. The van der Waals surface area contributed by atoms with Crippen LogP contribution in [0.3, 0.4) is 0 Å². The molecule has 0 unspecified atom stereocenters. The summed E-state index contributed by atoms with van der Waals surface area (Å²) in [6.07, 6.45) is -4.44. The van der Waals surface area contributed by atoms with Crippen LogP contribution in [0.5, 0.6) is 11.5 Å². The van der Waals surface area contributed by atoms with E-state index < -0.39 is 11.7 Å². The van der Waals surface area contributed by atoms with Crippen molar-refractivity contribution in [1.82, 2.24) is 10.2 Å². The molecule has 10 heteroatoms. The fourth-order valence-corrected chi connectivity index (χ4v) is 3.86. The van der Waals surface area contributed by atoms with Crippen molar-refractivity contribution in [3.8, 4) is 22.1 Å². The van der Waals surface area contributed by atoms with E-state index in [4.69, 9.17) is 27.9 Å². The third-order valence-electron chi connectivity index (χ3n) is 4.33. The van der Waals surface area contributed by atoms with Crippen LogP contribution in [0.25, 0.3) is 10.6 Å². The van der Waals surface area contributed by atoms with Gasteiger partial charge in [0.1, 0.15) is 16.5 Å². The summed E-state index contributed by atoms with van der Waals surface area (Å²) >= 11 is 13.3. The van der Waals surface area contributed by atoms with E-state index in [0.717, 1.165) is 23.3 Å². The van der Waals surface area contributed by atoms with E-state index in [1.165, 1.54) is 23.5 Å². The van der Waals surface area contributed by atoms with Crippen LogP contribution >= 0.6 is 34.5 Å². The SMILES string of the molecule is FC(F)(F)c1cccc(Oc2cccc(-c3nnc(NCc4ccc(Cl)c(Cl)c4)s3)c2)c1. The first-order valence-electron chi connectivity index (χ1n) is 9.25. The number of nitrogens with one attached hydrogen (secondary N) is 1. The average Bonchev–Trinajstić information content (AvgIpc) is 3.24. The van der Waals surface area contributed by atoms with Gasteiger partial charge in [0.05, 0.1) is 15.6 Å². The molecule has 0 saturated carbocycles. The van der Waals surface area contributed by atoms with Gasteiger partial charge >= 0.3 is 6.18 Å². The van der Waals surface area contributed by atoms with Gasteiger partial charge in [-0.1, -0.05) is 58.8 Å². The maximum atomic E-state index is 12.9. The predicted octanol–water partition coefficient (Wildman–Crippen LogP) is 7.94. The minimum Gasteiger partial charge on any atom is -0.457 e. The molecule has 3 aromatic carbocycles. The van der Waals surface area contributed by atoms with Crippen molar-refractivity contribution >= 4 is 39.7 Å². The Kier molecular flexibility index (Phi) is 6.55. The first-order chi connectivity index (χ1) is 15.3. The number of ether oxygens (including phenoxy) is 1. The lowest BCUT2D eigenvalue weighted by Crippen LogP contribution is -2.04. The Hall–Kier alpha value is -2.81. The minimum absolute atomic E-state index is 0.0956. The van der Waals surface area contributed by atoms with Crippen molar-refractivity contribution in [1.29, 1.82) is 0 Å². The number of hydrogen-bond donors (Lipinski definition) is 1. The molecule has 0 bridgehead atoms. The largest absolute Gasteiger partial charge is 0.457 e. The van der Waals surface area contributed by atoms with Gasteiger partial charge in [-0.05, 0) is 48.0 Å². The molecule has 1 heterocycles. The van der Waals surface area contributed by atoms with Crippen LogP contribution in [0.15, 0.2) is 66.7 Å². The molecule has 0 atom stereocenters. The first kappa shape index (κ1) is 22.4. The van der Waals surface area contributed by atoms with E-state index in [2.05, 4.69) is 15.5 Å². The van der Waals surface area contributed by atoms with Gasteiger partial charge in [0.2, 0.25) is 5.13 Å². The molecule has 4 rings (SSSR count). The lowest BCUT2D eigenvalue weighted by Gasteiger charge is -2.10. The van der Waals surface area contributed by atoms with Crippen LogP contribution in [-0.2, 0) is 12.7 Å². The highest BCUT2D eigenvalue weighted by atomic mass is 35.5. The van der Waals surface area contributed by atoms with Gasteiger partial charge < -0.3 is 10.1 Å². The van der Waals surface area contributed by atoms with Gasteiger partial charge in [-0.3, -0.25) is 0 Å². The Morgan fingerprint density at radius 1 is 0.875 bits per heavy atom. The van der Waals surface area contributed by atoms with Crippen molar-refractivity contribution in [3.05, 3.63) is 87.9 Å². The molecule has 0 spiro atoms. The van der Waals surface area contributed by atoms with Crippen molar-refractivity contribution < 1.29 is 17.9 Å². The van der Waals surface area contributed by atoms with E-state index in [9.17, 15) is 13.2 Å². The summed E-state index contributed by atoms with van der Waals surface area (Å²) in [6.45, 7) is 0.490. The molecule has 0 fully saturated rings. The van der Waals surface area contributed by atoms with Crippen molar-refractivity contribution in [2.75, 3.05) is 5.32 Å². The molecule has 0 amide bonds. The summed E-state index contributed by atoms with van der Waals surface area (Å²) in [7, 11) is 0. The maximum Gasteiger partial charge on any atom is 0.416 e. The zero-order chi connectivity index (χ0) is 22.7. The molecule has 0 aliphatic heterocycles. The molecular weight excluding hydrogens is 482 g/mol. The fourth-order valence-electron chi connectivity index (χ4n) is 2.80. The van der Waals surface area contributed by atoms with Crippen LogP contribution in [0, 0.1) is 0 Å². The number of rotatable bonds is 6. The standard InChI is InChI=1S/C22H14Cl2F3N3OS/c23-18-8-7-13(9-19(18)24)12-28-21-30-29-20(32-21)14-3-1-5-16(10-14)31-17-6-2-4-15(11-17)22(25,26)27/h1-11H,12H2,(H,28,30). The molecule has 1 aromatic heterocycles. The van der Waals surface area contributed by atoms with Gasteiger partial charge in [-0.15, -0.1) is 10.2 Å². The van der Waals surface area contributed by atoms with Gasteiger partial charge in [0, 0.05) is 12.1 Å². The normalized spacial score (nSPS) is 11.4. The Bertz CT molecular complexity index is 1250. The zero-order valence-electron chi connectivity index (χ0n) is 16.2. The Balaban J connectivity index is 1.46. The highest BCUT2D eigenvalue weighted by Gasteiger charge is 2.30. The number of nitrogens with zero attached hydrogens (tertiary/aromatic N) is 2. The van der Waals surface area contributed by atoms with Gasteiger partial charge in [0.15, 0.2) is 0 Å². The van der Waals surface area contributed by atoms with E-state index in [0.29, 0.717) is 32.5 Å². The Morgan fingerprint density at radius 2 is 1.62 bits per heavy atom. The van der Waals surface area contributed by atoms with Crippen LogP contribution in [-0.4, -0.2) is 10.2 Å². The van der Waals surface area contributed by atoms with E-state index in [1.54, 1.807) is 30.3 Å². The van der Waals surface area contributed by atoms with Crippen molar-refractivity contribution in [3.63, 3.8) is 0 Å².